The highest BCUT2D eigenvalue weighted by molar-refractivity contribution is 5.69. The first-order chi connectivity index (χ1) is 10.3. The van der Waals surface area contributed by atoms with Crippen LogP contribution in [0.2, 0.25) is 0 Å². The summed E-state index contributed by atoms with van der Waals surface area (Å²) in [5.74, 6) is 1.60. The summed E-state index contributed by atoms with van der Waals surface area (Å²) in [5.41, 5.74) is 2.38. The summed E-state index contributed by atoms with van der Waals surface area (Å²) in [6.07, 6.45) is 3.38. The van der Waals surface area contributed by atoms with E-state index in [0.717, 1.165) is 42.3 Å². The normalized spacial score (nSPS) is 9.95. The van der Waals surface area contributed by atoms with Crippen molar-refractivity contribution >= 4 is 17.3 Å². The minimum atomic E-state index is 0.598. The average molecular weight is 281 g/mol. The standard InChI is InChI=1S/C16H19N5/c1-3-9-18-15-13(4-2)16(20-11-19-15)21-14-8-6-5-7-12(14)10-17/h5-8,11H,3-4,9H2,1-2H3,(H2,18,19,20,21). The number of benzene rings is 1. The van der Waals surface area contributed by atoms with Gasteiger partial charge in [-0.3, -0.25) is 0 Å². The molecule has 0 saturated heterocycles. The number of anilines is 3. The fourth-order valence-corrected chi connectivity index (χ4v) is 2.07. The van der Waals surface area contributed by atoms with E-state index in [4.69, 9.17) is 5.26 Å². The number of para-hydroxylation sites is 1. The lowest BCUT2D eigenvalue weighted by Crippen LogP contribution is -2.09. The van der Waals surface area contributed by atoms with E-state index in [1.807, 2.05) is 18.2 Å². The van der Waals surface area contributed by atoms with E-state index in [2.05, 4.69) is 40.5 Å². The summed E-state index contributed by atoms with van der Waals surface area (Å²) in [5, 5.41) is 15.7. The predicted octanol–water partition coefficient (Wildman–Crippen LogP) is 3.48. The molecule has 21 heavy (non-hydrogen) atoms. The molecule has 0 atom stereocenters. The fraction of sp³-hybridized carbons (Fsp3) is 0.312. The molecule has 5 heteroatoms. The molecule has 0 bridgehead atoms. The third-order valence-corrected chi connectivity index (χ3v) is 3.14. The molecule has 108 valence electrons. The Hall–Kier alpha value is -2.61. The first kappa shape index (κ1) is 14.8. The van der Waals surface area contributed by atoms with Crippen LogP contribution in [-0.4, -0.2) is 16.5 Å². The van der Waals surface area contributed by atoms with E-state index in [1.165, 1.54) is 6.33 Å². The highest BCUT2D eigenvalue weighted by Crippen LogP contribution is 2.25. The summed E-state index contributed by atoms with van der Waals surface area (Å²) in [7, 11) is 0. The molecule has 0 aliphatic heterocycles. The molecule has 1 aromatic carbocycles. The van der Waals surface area contributed by atoms with Gasteiger partial charge in [0.05, 0.1) is 11.3 Å². The van der Waals surface area contributed by atoms with Crippen molar-refractivity contribution in [3.05, 3.63) is 41.7 Å². The summed E-state index contributed by atoms with van der Waals surface area (Å²) >= 11 is 0. The Kier molecular flexibility index (Phi) is 5.10. The van der Waals surface area contributed by atoms with Gasteiger partial charge in [-0.05, 0) is 25.0 Å². The minimum absolute atomic E-state index is 0.598. The summed E-state index contributed by atoms with van der Waals surface area (Å²) in [6, 6.07) is 9.58. The van der Waals surface area contributed by atoms with Gasteiger partial charge < -0.3 is 10.6 Å². The van der Waals surface area contributed by atoms with Gasteiger partial charge in [-0.15, -0.1) is 0 Å². The van der Waals surface area contributed by atoms with E-state index in [1.54, 1.807) is 6.07 Å². The molecule has 0 unspecified atom stereocenters. The van der Waals surface area contributed by atoms with Gasteiger partial charge in [-0.25, -0.2) is 9.97 Å². The van der Waals surface area contributed by atoms with Crippen molar-refractivity contribution in [2.45, 2.75) is 26.7 Å². The molecule has 0 spiro atoms. The topological polar surface area (TPSA) is 73.6 Å². The first-order valence-corrected chi connectivity index (χ1v) is 7.14. The summed E-state index contributed by atoms with van der Waals surface area (Å²) in [4.78, 5) is 8.62. The van der Waals surface area contributed by atoms with E-state index in [0.29, 0.717) is 5.56 Å². The van der Waals surface area contributed by atoms with E-state index in [9.17, 15) is 0 Å². The Bertz CT molecular complexity index is 645. The molecule has 2 rings (SSSR count). The Morgan fingerprint density at radius 2 is 1.90 bits per heavy atom. The Morgan fingerprint density at radius 1 is 1.14 bits per heavy atom. The van der Waals surface area contributed by atoms with Crippen molar-refractivity contribution in [2.24, 2.45) is 0 Å². The van der Waals surface area contributed by atoms with Gasteiger partial charge >= 0.3 is 0 Å². The lowest BCUT2D eigenvalue weighted by atomic mass is 10.1. The second-order valence-electron chi connectivity index (χ2n) is 4.61. The third-order valence-electron chi connectivity index (χ3n) is 3.14. The van der Waals surface area contributed by atoms with E-state index < -0.39 is 0 Å². The van der Waals surface area contributed by atoms with Crippen LogP contribution in [0.1, 0.15) is 31.4 Å². The lowest BCUT2D eigenvalue weighted by Gasteiger charge is -2.14. The van der Waals surface area contributed by atoms with Crippen molar-refractivity contribution in [3.8, 4) is 6.07 Å². The first-order valence-electron chi connectivity index (χ1n) is 7.14. The number of rotatable bonds is 6. The highest BCUT2D eigenvalue weighted by atomic mass is 15.1. The predicted molar refractivity (Wildman–Crippen MR) is 84.6 cm³/mol. The van der Waals surface area contributed by atoms with Gasteiger partial charge in [0.15, 0.2) is 0 Å². The van der Waals surface area contributed by atoms with Crippen LogP contribution < -0.4 is 10.6 Å². The quantitative estimate of drug-likeness (QED) is 0.848. The smallest absolute Gasteiger partial charge is 0.139 e. The molecule has 2 aromatic rings. The molecular weight excluding hydrogens is 262 g/mol. The number of nitrogens with zero attached hydrogens (tertiary/aromatic N) is 3. The molecule has 0 radical (unpaired) electrons. The lowest BCUT2D eigenvalue weighted by molar-refractivity contribution is 0.949. The second kappa shape index (κ2) is 7.25. The molecule has 1 heterocycles. The monoisotopic (exact) mass is 281 g/mol. The van der Waals surface area contributed by atoms with Crippen molar-refractivity contribution in [1.29, 1.82) is 5.26 Å². The molecular formula is C16H19N5. The molecule has 0 aliphatic rings. The number of hydrogen-bond acceptors (Lipinski definition) is 5. The fourth-order valence-electron chi connectivity index (χ4n) is 2.07. The molecule has 5 nitrogen and oxygen atoms in total. The average Bonchev–Trinajstić information content (AvgIpc) is 2.53. The number of nitrogens with one attached hydrogen (secondary N) is 2. The van der Waals surface area contributed by atoms with Crippen LogP contribution >= 0.6 is 0 Å². The van der Waals surface area contributed by atoms with Gasteiger partial charge in [0.25, 0.3) is 0 Å². The van der Waals surface area contributed by atoms with Crippen LogP contribution in [0, 0.1) is 11.3 Å². The molecule has 2 N–H and O–H groups in total. The van der Waals surface area contributed by atoms with Crippen LogP contribution in [0.3, 0.4) is 0 Å². The van der Waals surface area contributed by atoms with Gasteiger partial charge in [-0.1, -0.05) is 26.0 Å². The number of nitriles is 1. The Morgan fingerprint density at radius 3 is 2.62 bits per heavy atom. The number of hydrogen-bond donors (Lipinski definition) is 2. The Balaban J connectivity index is 2.33. The van der Waals surface area contributed by atoms with Crippen LogP contribution in [0.5, 0.6) is 0 Å². The van der Waals surface area contributed by atoms with Crippen molar-refractivity contribution in [1.82, 2.24) is 9.97 Å². The third kappa shape index (κ3) is 3.48. The number of aromatic nitrogens is 2. The molecule has 1 aromatic heterocycles. The zero-order valence-corrected chi connectivity index (χ0v) is 12.3. The summed E-state index contributed by atoms with van der Waals surface area (Å²) < 4.78 is 0. The van der Waals surface area contributed by atoms with Gasteiger partial charge in [-0.2, -0.15) is 5.26 Å². The maximum absolute atomic E-state index is 9.16. The maximum Gasteiger partial charge on any atom is 0.139 e. The largest absolute Gasteiger partial charge is 0.370 e. The molecule has 0 fully saturated rings. The van der Waals surface area contributed by atoms with Gasteiger partial charge in [0.1, 0.15) is 24.0 Å². The van der Waals surface area contributed by atoms with E-state index >= 15 is 0 Å². The van der Waals surface area contributed by atoms with E-state index in [-0.39, 0.29) is 0 Å². The van der Waals surface area contributed by atoms with Crippen molar-refractivity contribution in [2.75, 3.05) is 17.2 Å². The minimum Gasteiger partial charge on any atom is -0.370 e. The van der Waals surface area contributed by atoms with Crippen LogP contribution in [0.15, 0.2) is 30.6 Å². The van der Waals surface area contributed by atoms with Crippen LogP contribution in [0.4, 0.5) is 17.3 Å². The molecule has 0 aliphatic carbocycles. The maximum atomic E-state index is 9.16. The van der Waals surface area contributed by atoms with Crippen LogP contribution in [0.25, 0.3) is 0 Å². The van der Waals surface area contributed by atoms with Gasteiger partial charge in [0, 0.05) is 12.1 Å². The zero-order valence-electron chi connectivity index (χ0n) is 12.3. The zero-order chi connectivity index (χ0) is 15.1. The second-order valence-corrected chi connectivity index (χ2v) is 4.61. The summed E-state index contributed by atoms with van der Waals surface area (Å²) in [6.45, 7) is 5.05. The van der Waals surface area contributed by atoms with Crippen molar-refractivity contribution in [3.63, 3.8) is 0 Å². The molecule has 0 amide bonds. The highest BCUT2D eigenvalue weighted by Gasteiger charge is 2.11. The van der Waals surface area contributed by atoms with Crippen molar-refractivity contribution < 1.29 is 0 Å². The van der Waals surface area contributed by atoms with Gasteiger partial charge in [0.2, 0.25) is 0 Å². The Labute approximate surface area is 125 Å². The molecule has 0 saturated carbocycles. The van der Waals surface area contributed by atoms with Crippen LogP contribution in [-0.2, 0) is 6.42 Å². The SMILES string of the molecule is CCCNc1ncnc(Nc2ccccc2C#N)c1CC.